The Morgan fingerprint density at radius 2 is 1.62 bits per heavy atom. The van der Waals surface area contributed by atoms with Crippen molar-refractivity contribution in [1.82, 2.24) is 5.32 Å². The van der Waals surface area contributed by atoms with E-state index < -0.39 is 10.0 Å². The van der Waals surface area contributed by atoms with Crippen LogP contribution < -0.4 is 19.1 Å². The molecule has 0 radical (unpaired) electrons. The van der Waals surface area contributed by atoms with Crippen LogP contribution in [-0.2, 0) is 16.6 Å². The molecule has 0 saturated heterocycles. The highest BCUT2D eigenvalue weighted by molar-refractivity contribution is 7.92. The number of hydrogen-bond donors (Lipinski definition) is 1. The molecule has 0 aliphatic carbocycles. The van der Waals surface area contributed by atoms with Gasteiger partial charge >= 0.3 is 0 Å². The van der Waals surface area contributed by atoms with Gasteiger partial charge in [-0.25, -0.2) is 8.42 Å². The number of anilines is 1. The maximum atomic E-state index is 12.9. The molecule has 0 heterocycles. The van der Waals surface area contributed by atoms with Gasteiger partial charge in [-0.3, -0.25) is 9.10 Å². The zero-order valence-electron chi connectivity index (χ0n) is 20.0. The molecular formula is C26H30N2O5S. The van der Waals surface area contributed by atoms with E-state index in [4.69, 9.17) is 9.47 Å². The second kappa shape index (κ2) is 10.6. The molecule has 34 heavy (non-hydrogen) atoms. The van der Waals surface area contributed by atoms with Gasteiger partial charge < -0.3 is 14.8 Å². The molecule has 180 valence electrons. The normalized spacial score (nSPS) is 12.0. The number of nitrogens with zero attached hydrogens (tertiary/aromatic N) is 1. The smallest absolute Gasteiger partial charge is 0.251 e. The first-order valence-electron chi connectivity index (χ1n) is 10.8. The summed E-state index contributed by atoms with van der Waals surface area (Å²) in [6.45, 7) is 4.04. The first kappa shape index (κ1) is 25.1. The van der Waals surface area contributed by atoms with E-state index in [1.165, 1.54) is 10.6 Å². The van der Waals surface area contributed by atoms with E-state index >= 15 is 0 Å². The Labute approximate surface area is 201 Å². The predicted molar refractivity (Wildman–Crippen MR) is 134 cm³/mol. The number of methoxy groups -OCH3 is 2. The summed E-state index contributed by atoms with van der Waals surface area (Å²) in [4.78, 5) is 12.9. The molecule has 0 aliphatic rings. The summed E-state index contributed by atoms with van der Waals surface area (Å²) in [5.74, 6) is 1.02. The number of carbonyl (C=O) groups excluding carboxylic acids is 1. The van der Waals surface area contributed by atoms with E-state index in [9.17, 15) is 13.2 Å². The van der Waals surface area contributed by atoms with Crippen molar-refractivity contribution in [2.75, 3.05) is 24.8 Å². The van der Waals surface area contributed by atoms with Gasteiger partial charge in [-0.15, -0.1) is 0 Å². The molecule has 3 rings (SSSR count). The minimum absolute atomic E-state index is 0.206. The van der Waals surface area contributed by atoms with E-state index in [2.05, 4.69) is 5.32 Å². The van der Waals surface area contributed by atoms with Crippen LogP contribution in [0.15, 0.2) is 66.7 Å². The van der Waals surface area contributed by atoms with Crippen molar-refractivity contribution in [3.63, 3.8) is 0 Å². The van der Waals surface area contributed by atoms with E-state index in [-0.39, 0.29) is 18.5 Å². The lowest BCUT2D eigenvalue weighted by Crippen LogP contribution is -2.29. The molecule has 7 nitrogen and oxygen atoms in total. The number of benzene rings is 3. The Kier molecular flexibility index (Phi) is 7.83. The third-order valence-corrected chi connectivity index (χ3v) is 6.66. The lowest BCUT2D eigenvalue weighted by Gasteiger charge is -2.23. The number of sulfonamides is 1. The fourth-order valence-corrected chi connectivity index (χ4v) is 4.46. The first-order chi connectivity index (χ1) is 16.1. The number of amides is 1. The molecule has 1 atom stereocenters. The average molecular weight is 483 g/mol. The molecule has 3 aromatic rings. The Hall–Kier alpha value is -3.52. The van der Waals surface area contributed by atoms with Gasteiger partial charge in [0.25, 0.3) is 5.91 Å². The number of aryl methyl sites for hydroxylation is 1. The average Bonchev–Trinajstić information content (AvgIpc) is 2.82. The largest absolute Gasteiger partial charge is 0.497 e. The number of nitrogens with one attached hydrogen (secondary N) is 1. The summed E-state index contributed by atoms with van der Waals surface area (Å²) in [7, 11) is -0.371. The predicted octanol–water partition coefficient (Wildman–Crippen LogP) is 4.47. The van der Waals surface area contributed by atoms with Crippen LogP contribution in [0.25, 0.3) is 0 Å². The second-order valence-corrected chi connectivity index (χ2v) is 10.0. The molecule has 0 spiro atoms. The fourth-order valence-electron chi connectivity index (χ4n) is 3.57. The standard InChI is InChI=1S/C26H30N2O5S/c1-18-6-8-20(9-7-18)17-28(34(5,30)31)22-12-10-21(11-13-22)26(29)27-19(2)24-16-23(32-3)14-15-25(24)33-4/h6-16,19H,17H2,1-5H3,(H,27,29)/t19-/m1/s1. The van der Waals surface area contributed by atoms with Gasteiger partial charge in [0.1, 0.15) is 11.5 Å². The van der Waals surface area contributed by atoms with Gasteiger partial charge in [0, 0.05) is 11.1 Å². The lowest BCUT2D eigenvalue weighted by atomic mass is 10.1. The van der Waals surface area contributed by atoms with Gasteiger partial charge in [-0.2, -0.15) is 0 Å². The summed E-state index contributed by atoms with van der Waals surface area (Å²) >= 11 is 0. The SMILES string of the molecule is COc1ccc(OC)c([C@@H](C)NC(=O)c2ccc(N(Cc3ccc(C)cc3)S(C)(=O)=O)cc2)c1. The molecule has 0 aliphatic heterocycles. The van der Waals surface area contributed by atoms with Crippen LogP contribution in [0.5, 0.6) is 11.5 Å². The topological polar surface area (TPSA) is 84.9 Å². The lowest BCUT2D eigenvalue weighted by molar-refractivity contribution is 0.0939. The Morgan fingerprint density at radius 3 is 2.18 bits per heavy atom. The van der Waals surface area contributed by atoms with Crippen molar-refractivity contribution < 1.29 is 22.7 Å². The zero-order valence-corrected chi connectivity index (χ0v) is 20.8. The molecule has 1 amide bonds. The molecular weight excluding hydrogens is 452 g/mol. The zero-order chi connectivity index (χ0) is 24.9. The molecule has 3 aromatic carbocycles. The van der Waals surface area contributed by atoms with Gasteiger partial charge in [-0.1, -0.05) is 29.8 Å². The quantitative estimate of drug-likeness (QED) is 0.486. The van der Waals surface area contributed by atoms with Gasteiger partial charge in [0.05, 0.1) is 38.7 Å². The minimum atomic E-state index is -3.52. The third kappa shape index (κ3) is 6.08. The Morgan fingerprint density at radius 1 is 0.971 bits per heavy atom. The molecule has 0 unspecified atom stereocenters. The van der Waals surface area contributed by atoms with Crippen molar-refractivity contribution in [1.29, 1.82) is 0 Å². The van der Waals surface area contributed by atoms with Crippen molar-refractivity contribution in [2.24, 2.45) is 0 Å². The van der Waals surface area contributed by atoms with E-state index in [0.29, 0.717) is 22.7 Å². The number of hydrogen-bond acceptors (Lipinski definition) is 5. The van der Waals surface area contributed by atoms with Gasteiger partial charge in [0.2, 0.25) is 10.0 Å². The highest BCUT2D eigenvalue weighted by atomic mass is 32.2. The van der Waals surface area contributed by atoms with E-state index in [1.807, 2.05) is 44.2 Å². The fraction of sp³-hybridized carbons (Fsp3) is 0.269. The molecule has 1 N–H and O–H groups in total. The van der Waals surface area contributed by atoms with Crippen molar-refractivity contribution >= 4 is 21.6 Å². The van der Waals surface area contributed by atoms with Gasteiger partial charge in [0.15, 0.2) is 0 Å². The highest BCUT2D eigenvalue weighted by Crippen LogP contribution is 2.29. The number of rotatable bonds is 9. The molecule has 0 bridgehead atoms. The van der Waals surface area contributed by atoms with E-state index in [0.717, 1.165) is 16.7 Å². The van der Waals surface area contributed by atoms with Crippen LogP contribution in [0.1, 0.15) is 40.0 Å². The summed E-state index contributed by atoms with van der Waals surface area (Å²) in [5, 5.41) is 2.96. The van der Waals surface area contributed by atoms with Crippen molar-refractivity contribution in [3.8, 4) is 11.5 Å². The molecule has 0 aromatic heterocycles. The monoisotopic (exact) mass is 482 g/mol. The van der Waals surface area contributed by atoms with Crippen LogP contribution in [0, 0.1) is 6.92 Å². The second-order valence-electron chi connectivity index (χ2n) is 8.11. The first-order valence-corrected chi connectivity index (χ1v) is 12.6. The maximum Gasteiger partial charge on any atom is 0.251 e. The van der Waals surface area contributed by atoms with Crippen LogP contribution in [-0.4, -0.2) is 34.8 Å². The van der Waals surface area contributed by atoms with E-state index in [1.54, 1.807) is 50.6 Å². The minimum Gasteiger partial charge on any atom is -0.497 e. The van der Waals surface area contributed by atoms with Crippen LogP contribution >= 0.6 is 0 Å². The van der Waals surface area contributed by atoms with Crippen LogP contribution in [0.4, 0.5) is 5.69 Å². The van der Waals surface area contributed by atoms with Crippen LogP contribution in [0.3, 0.4) is 0 Å². The summed E-state index contributed by atoms with van der Waals surface area (Å²) in [6.07, 6.45) is 1.17. The molecule has 0 fully saturated rings. The summed E-state index contributed by atoms with van der Waals surface area (Å²) in [6, 6.07) is 19.3. The maximum absolute atomic E-state index is 12.9. The number of ether oxygens (including phenoxy) is 2. The highest BCUT2D eigenvalue weighted by Gasteiger charge is 2.20. The summed E-state index contributed by atoms with van der Waals surface area (Å²) < 4.78 is 36.9. The Bertz CT molecular complexity index is 1240. The summed E-state index contributed by atoms with van der Waals surface area (Å²) in [5.41, 5.74) is 3.67. The molecule has 0 saturated carbocycles. The van der Waals surface area contributed by atoms with Crippen LogP contribution in [0.2, 0.25) is 0 Å². The van der Waals surface area contributed by atoms with Crippen molar-refractivity contribution in [3.05, 3.63) is 89.0 Å². The van der Waals surface area contributed by atoms with Gasteiger partial charge in [-0.05, 0) is 61.9 Å². The third-order valence-electron chi connectivity index (χ3n) is 5.52. The number of carbonyl (C=O) groups is 1. The Balaban J connectivity index is 1.78. The molecule has 8 heteroatoms. The van der Waals surface area contributed by atoms with Crippen molar-refractivity contribution in [2.45, 2.75) is 26.4 Å².